The molecule has 0 radical (unpaired) electrons. The van der Waals surface area contributed by atoms with Crippen LogP contribution < -0.4 is 11.1 Å². The van der Waals surface area contributed by atoms with Crippen molar-refractivity contribution in [1.82, 2.24) is 5.32 Å². The molecule has 7 rings (SSSR count). The van der Waals surface area contributed by atoms with Crippen molar-refractivity contribution in [3.63, 3.8) is 0 Å². The zero-order valence-corrected chi connectivity index (χ0v) is 26.1. The monoisotopic (exact) mass is 630 g/mol. The molecule has 2 heterocycles. The zero-order valence-electron chi connectivity index (χ0n) is 26.1. The summed E-state index contributed by atoms with van der Waals surface area (Å²) < 4.78 is 12.7. The van der Waals surface area contributed by atoms with E-state index in [0.29, 0.717) is 25.7 Å². The Morgan fingerprint density at radius 3 is 2.53 bits per heavy atom. The third-order valence-electron chi connectivity index (χ3n) is 13.2. The van der Waals surface area contributed by atoms with Crippen LogP contribution in [0.25, 0.3) is 0 Å². The lowest BCUT2D eigenvalue weighted by molar-refractivity contribution is -0.405. The highest BCUT2D eigenvalue weighted by Gasteiger charge is 2.72. The number of fused-ring (bicyclic) bond motifs is 4. The number of hydrogen-bond acceptors (Lipinski definition) is 11. The minimum absolute atomic E-state index is 0.0943. The van der Waals surface area contributed by atoms with E-state index >= 15 is 0 Å². The van der Waals surface area contributed by atoms with Gasteiger partial charge in [-0.1, -0.05) is 30.9 Å². The maximum atomic E-state index is 14.0. The van der Waals surface area contributed by atoms with Crippen LogP contribution in [0.2, 0.25) is 0 Å². The van der Waals surface area contributed by atoms with E-state index < -0.39 is 72.0 Å². The summed E-state index contributed by atoms with van der Waals surface area (Å²) in [7, 11) is 0. The number of piperidine rings is 1. The molecule has 250 valence electrons. The standard InChI is InChI=1S/C34H50N2O9/c1-17-13-20-25(21(38)14-17)28(40)26-19(27(20)39)5-4-6-22(26)44-30-29(41)34(43)23(7-11-33(16-37,45-30)31(34)42)32(9-2-3-10-32)18-8-12-36-24(35)15-18/h13-14,18-20,22-26,29-31,36-38,41-43H,2-12,15-16,35H2,1H3/t18?,19?,20-,22?,23+,24?,25+,26?,29+,30+,31-,33-,34+/m1/s1. The maximum Gasteiger partial charge on any atom is 0.187 e. The molecule has 5 unspecified atom stereocenters. The Morgan fingerprint density at radius 1 is 1.07 bits per heavy atom. The summed E-state index contributed by atoms with van der Waals surface area (Å²) in [5, 5.41) is 61.2. The van der Waals surface area contributed by atoms with Gasteiger partial charge in [-0.15, -0.1) is 0 Å². The summed E-state index contributed by atoms with van der Waals surface area (Å²) >= 11 is 0. The summed E-state index contributed by atoms with van der Waals surface area (Å²) in [6, 6.07) is 0. The molecule has 0 amide bonds. The molecule has 0 aromatic carbocycles. The number of aliphatic hydroxyl groups is 5. The molecule has 2 bridgehead atoms. The van der Waals surface area contributed by atoms with Crippen molar-refractivity contribution in [3.8, 4) is 0 Å². The Morgan fingerprint density at radius 2 is 1.82 bits per heavy atom. The summed E-state index contributed by atoms with van der Waals surface area (Å²) in [5.41, 5.74) is 3.14. The predicted octanol–water partition coefficient (Wildman–Crippen LogP) is 1.37. The van der Waals surface area contributed by atoms with Crippen molar-refractivity contribution in [2.75, 3.05) is 13.2 Å². The van der Waals surface area contributed by atoms with Crippen molar-refractivity contribution in [1.29, 1.82) is 0 Å². The minimum atomic E-state index is -2.04. The topological polar surface area (TPSA) is 192 Å². The van der Waals surface area contributed by atoms with Crippen molar-refractivity contribution >= 4 is 11.6 Å². The highest BCUT2D eigenvalue weighted by Crippen LogP contribution is 2.63. The van der Waals surface area contributed by atoms with Crippen molar-refractivity contribution in [3.05, 3.63) is 23.5 Å². The predicted molar refractivity (Wildman–Crippen MR) is 161 cm³/mol. The number of aliphatic hydroxyl groups excluding tert-OH is 4. The number of carbonyl (C=O) groups is 2. The zero-order chi connectivity index (χ0) is 31.9. The lowest BCUT2D eigenvalue weighted by Gasteiger charge is -2.64. The van der Waals surface area contributed by atoms with Crippen LogP contribution in [0.3, 0.4) is 0 Å². The average Bonchev–Trinajstić information content (AvgIpc) is 3.51. The summed E-state index contributed by atoms with van der Waals surface area (Å²) in [6.45, 7) is 1.97. The van der Waals surface area contributed by atoms with Gasteiger partial charge in [-0.3, -0.25) is 9.59 Å². The average molecular weight is 631 g/mol. The van der Waals surface area contributed by atoms with Gasteiger partial charge in [0, 0.05) is 5.92 Å². The lowest BCUT2D eigenvalue weighted by Crippen LogP contribution is -2.79. The second kappa shape index (κ2) is 11.5. The first kappa shape index (κ1) is 31.9. The van der Waals surface area contributed by atoms with E-state index in [0.717, 1.165) is 50.6 Å². The summed E-state index contributed by atoms with van der Waals surface area (Å²) in [6.07, 6.45) is 5.24. The fourth-order valence-corrected chi connectivity index (χ4v) is 11.1. The number of nitrogens with two attached hydrogens (primary N) is 1. The van der Waals surface area contributed by atoms with E-state index in [4.69, 9.17) is 15.2 Å². The number of ether oxygens (including phenoxy) is 2. The molecule has 0 spiro atoms. The maximum absolute atomic E-state index is 14.0. The molecule has 2 aliphatic heterocycles. The molecule has 6 fully saturated rings. The van der Waals surface area contributed by atoms with Crippen molar-refractivity contribution < 1.29 is 44.6 Å². The molecule has 8 N–H and O–H groups in total. The van der Waals surface area contributed by atoms with E-state index in [2.05, 4.69) is 5.32 Å². The van der Waals surface area contributed by atoms with Crippen LogP contribution in [0, 0.1) is 40.9 Å². The van der Waals surface area contributed by atoms with E-state index in [9.17, 15) is 35.1 Å². The molecule has 13 atom stereocenters. The molecule has 2 saturated heterocycles. The highest BCUT2D eigenvalue weighted by atomic mass is 16.7. The second-order valence-electron chi connectivity index (χ2n) is 15.3. The van der Waals surface area contributed by atoms with Gasteiger partial charge in [-0.05, 0) is 88.2 Å². The minimum Gasteiger partial charge on any atom is -0.512 e. The molecule has 4 saturated carbocycles. The number of allylic oxidation sites excluding steroid dienone is 4. The molecule has 45 heavy (non-hydrogen) atoms. The fraction of sp³-hybridized carbons (Fsp3) is 0.824. The van der Waals surface area contributed by atoms with Crippen molar-refractivity contribution in [2.45, 2.75) is 120 Å². The van der Waals surface area contributed by atoms with Crippen LogP contribution >= 0.6 is 0 Å². The number of carbonyl (C=O) groups excluding carboxylic acids is 2. The van der Waals surface area contributed by atoms with Gasteiger partial charge in [0.15, 0.2) is 12.1 Å². The molecule has 11 heteroatoms. The van der Waals surface area contributed by atoms with Crippen LogP contribution in [0.15, 0.2) is 23.5 Å². The van der Waals surface area contributed by atoms with E-state index in [-0.39, 0.29) is 41.2 Å². The number of rotatable bonds is 5. The van der Waals surface area contributed by atoms with Crippen LogP contribution in [0.5, 0.6) is 0 Å². The Labute approximate surface area is 264 Å². The Kier molecular flexibility index (Phi) is 8.13. The molecule has 7 aliphatic rings. The first-order valence-corrected chi connectivity index (χ1v) is 17.1. The Bertz CT molecular complexity index is 1260. The summed E-state index contributed by atoms with van der Waals surface area (Å²) in [4.78, 5) is 27.7. The van der Waals surface area contributed by atoms with Gasteiger partial charge in [0.05, 0.1) is 36.6 Å². The smallest absolute Gasteiger partial charge is 0.187 e. The number of hydrogen-bond donors (Lipinski definition) is 7. The van der Waals surface area contributed by atoms with Gasteiger partial charge < -0.3 is 46.1 Å². The molecule has 5 aliphatic carbocycles. The fourth-order valence-electron chi connectivity index (χ4n) is 11.1. The van der Waals surface area contributed by atoms with Gasteiger partial charge >= 0.3 is 0 Å². The number of Topliss-reactive ketones (excluding diaryl/α,β-unsaturated/α-hetero) is 2. The third-order valence-corrected chi connectivity index (χ3v) is 13.2. The molecule has 0 aromatic rings. The van der Waals surface area contributed by atoms with Gasteiger partial charge in [0.25, 0.3) is 0 Å². The second-order valence-corrected chi connectivity index (χ2v) is 15.3. The molecule has 11 nitrogen and oxygen atoms in total. The highest BCUT2D eigenvalue weighted by molar-refractivity contribution is 6.02. The largest absolute Gasteiger partial charge is 0.512 e. The quantitative estimate of drug-likeness (QED) is 0.232. The van der Waals surface area contributed by atoms with Gasteiger partial charge in [0.1, 0.15) is 35.0 Å². The van der Waals surface area contributed by atoms with E-state index in [1.165, 1.54) is 6.08 Å². The van der Waals surface area contributed by atoms with Crippen LogP contribution in [-0.2, 0) is 19.1 Å². The third kappa shape index (κ3) is 4.67. The molecule has 0 aromatic heterocycles. The van der Waals surface area contributed by atoms with Gasteiger partial charge in [-0.2, -0.15) is 0 Å². The van der Waals surface area contributed by atoms with Crippen molar-refractivity contribution in [2.24, 2.45) is 46.7 Å². The number of ketones is 2. The Hall–Kier alpha value is -1.70. The SMILES string of the molecule is CC1=C[C@H]2C(=O)C3CCCC(O[C@H]4O[C@@]5(CO)CC[C@@H](C6(C7CCNC(N)C7)CCCC6)[C@@](O)([C@@H]5O)[C@H]4O)C3C(=O)[C@@H]2C(O)=C1. The van der Waals surface area contributed by atoms with Gasteiger partial charge in [0.2, 0.25) is 0 Å². The first-order chi connectivity index (χ1) is 21.5. The lowest BCUT2D eigenvalue weighted by atomic mass is 9.50. The van der Waals surface area contributed by atoms with Gasteiger partial charge in [-0.25, -0.2) is 0 Å². The van der Waals surface area contributed by atoms with Crippen LogP contribution in [0.4, 0.5) is 0 Å². The van der Waals surface area contributed by atoms with E-state index in [1.807, 2.05) is 0 Å². The molecular formula is C34H50N2O9. The normalized spacial score (nSPS) is 49.5. The van der Waals surface area contributed by atoms with Crippen LogP contribution in [0.1, 0.15) is 77.6 Å². The summed E-state index contributed by atoms with van der Waals surface area (Å²) in [5.74, 6) is -3.89. The van der Waals surface area contributed by atoms with Crippen LogP contribution in [-0.4, -0.2) is 92.2 Å². The Balaban J connectivity index is 1.21. The molecular weight excluding hydrogens is 580 g/mol. The first-order valence-electron chi connectivity index (χ1n) is 17.1. The van der Waals surface area contributed by atoms with E-state index in [1.54, 1.807) is 13.0 Å². The number of nitrogens with one attached hydrogen (secondary N) is 1.